The van der Waals surface area contributed by atoms with Crippen molar-refractivity contribution < 1.29 is 18.4 Å². The van der Waals surface area contributed by atoms with Crippen molar-refractivity contribution in [2.45, 2.75) is 6.92 Å². The molecule has 0 radical (unpaired) electrons. The van der Waals surface area contributed by atoms with Crippen LogP contribution in [0.5, 0.6) is 0 Å². The van der Waals surface area contributed by atoms with Crippen molar-refractivity contribution in [3.63, 3.8) is 0 Å². The third-order valence-electron chi connectivity index (χ3n) is 1.72. The molecule has 1 fully saturated rings. The van der Waals surface area contributed by atoms with E-state index < -0.39 is 21.7 Å². The number of nitrogens with one attached hydrogen (secondary N) is 1. The Morgan fingerprint density at radius 1 is 1.58 bits per heavy atom. The maximum Gasteiger partial charge on any atom is 0.428 e. The van der Waals surface area contributed by atoms with Crippen LogP contribution in [0.15, 0.2) is 0 Å². The van der Waals surface area contributed by atoms with Gasteiger partial charge in [0.25, 0.3) is 0 Å². The standard InChI is InChI=1S/C6H7ClN2O3/c1-4(10)9(7)3-2-8-5(11)6(9)12/h2-3H2,1H3/p+1. The van der Waals surface area contributed by atoms with Crippen LogP contribution in [0, 0.1) is 0 Å². The van der Waals surface area contributed by atoms with E-state index in [4.69, 9.17) is 11.8 Å². The SMILES string of the molecule is CC(=O)[N+]1(Cl)CCNC(=O)C1=O. The molecule has 1 N–H and O–H groups in total. The van der Waals surface area contributed by atoms with Gasteiger partial charge in [0.1, 0.15) is 6.54 Å². The number of quaternary nitrogens is 1. The molecule has 1 unspecified atom stereocenters. The summed E-state index contributed by atoms with van der Waals surface area (Å²) in [6.07, 6.45) is 0. The third kappa shape index (κ3) is 1.21. The first-order chi connectivity index (χ1) is 5.48. The van der Waals surface area contributed by atoms with Crippen LogP contribution in [0.4, 0.5) is 0 Å². The highest BCUT2D eigenvalue weighted by Gasteiger charge is 2.48. The summed E-state index contributed by atoms with van der Waals surface area (Å²) < 4.78 is -0.939. The van der Waals surface area contributed by atoms with Crippen molar-refractivity contribution in [2.75, 3.05) is 13.1 Å². The van der Waals surface area contributed by atoms with Gasteiger partial charge in [0.2, 0.25) is 0 Å². The van der Waals surface area contributed by atoms with E-state index in [9.17, 15) is 14.4 Å². The number of carbonyl (C=O) groups excluding carboxylic acids is 3. The first-order valence-electron chi connectivity index (χ1n) is 3.40. The van der Waals surface area contributed by atoms with Gasteiger partial charge in [-0.1, -0.05) is 4.00 Å². The fourth-order valence-corrected chi connectivity index (χ4v) is 1.12. The highest BCUT2D eigenvalue weighted by molar-refractivity contribution is 6.39. The van der Waals surface area contributed by atoms with Gasteiger partial charge in [0.05, 0.1) is 13.5 Å². The van der Waals surface area contributed by atoms with Crippen molar-refractivity contribution in [3.8, 4) is 0 Å². The monoisotopic (exact) mass is 191 g/mol. The van der Waals surface area contributed by atoms with E-state index in [1.54, 1.807) is 0 Å². The maximum atomic E-state index is 11.1. The first kappa shape index (κ1) is 9.15. The Hall–Kier alpha value is -0.940. The van der Waals surface area contributed by atoms with Crippen LogP contribution in [0.1, 0.15) is 6.92 Å². The van der Waals surface area contributed by atoms with Crippen LogP contribution in [0.2, 0.25) is 0 Å². The largest absolute Gasteiger partial charge is 0.428 e. The quantitative estimate of drug-likeness (QED) is 0.401. The molecule has 1 atom stereocenters. The van der Waals surface area contributed by atoms with Gasteiger partial charge in [0, 0.05) is 0 Å². The van der Waals surface area contributed by atoms with Crippen molar-refractivity contribution in [3.05, 3.63) is 0 Å². The number of hydrogen-bond acceptors (Lipinski definition) is 3. The second kappa shape index (κ2) is 2.84. The van der Waals surface area contributed by atoms with Crippen molar-refractivity contribution in [2.24, 2.45) is 0 Å². The Bertz CT molecular complexity index is 266. The molecule has 3 amide bonds. The predicted molar refractivity (Wildman–Crippen MR) is 39.7 cm³/mol. The number of amides is 3. The van der Waals surface area contributed by atoms with Gasteiger partial charge < -0.3 is 5.32 Å². The Kier molecular flexibility index (Phi) is 2.16. The fraction of sp³-hybridized carbons (Fsp3) is 0.500. The predicted octanol–water partition coefficient (Wildman–Crippen LogP) is -0.840. The number of hydrogen-bond donors (Lipinski definition) is 1. The molecule has 0 bridgehead atoms. The molecule has 66 valence electrons. The summed E-state index contributed by atoms with van der Waals surface area (Å²) in [5, 5.41) is 2.30. The average Bonchev–Trinajstić information content (AvgIpc) is 2.00. The van der Waals surface area contributed by atoms with Crippen LogP contribution < -0.4 is 5.32 Å². The highest BCUT2D eigenvalue weighted by atomic mass is 35.5. The number of piperazine rings is 1. The molecule has 6 heteroatoms. The van der Waals surface area contributed by atoms with Crippen molar-refractivity contribution in [1.29, 1.82) is 0 Å². The van der Waals surface area contributed by atoms with E-state index >= 15 is 0 Å². The van der Waals surface area contributed by atoms with E-state index in [0.717, 1.165) is 0 Å². The smallest absolute Gasteiger partial charge is 0.338 e. The van der Waals surface area contributed by atoms with Gasteiger partial charge in [-0.2, -0.15) is 0 Å². The molecule has 1 aliphatic rings. The number of rotatable bonds is 0. The number of nitrogens with zero attached hydrogens (tertiary/aromatic N) is 1. The molecule has 0 saturated carbocycles. The van der Waals surface area contributed by atoms with Crippen LogP contribution in [-0.2, 0) is 14.4 Å². The number of halogens is 1. The van der Waals surface area contributed by atoms with E-state index in [1.807, 2.05) is 0 Å². The lowest BCUT2D eigenvalue weighted by molar-refractivity contribution is -0.653. The average molecular weight is 192 g/mol. The number of carbonyl (C=O) groups is 3. The Balaban J connectivity index is 2.97. The summed E-state index contributed by atoms with van der Waals surface area (Å²) in [7, 11) is 0. The highest BCUT2D eigenvalue weighted by Crippen LogP contribution is 2.15. The summed E-state index contributed by atoms with van der Waals surface area (Å²) in [4.78, 5) is 32.8. The van der Waals surface area contributed by atoms with Crippen LogP contribution in [0.25, 0.3) is 0 Å². The van der Waals surface area contributed by atoms with E-state index in [2.05, 4.69) is 5.32 Å². The molecule has 0 aromatic carbocycles. The zero-order chi connectivity index (χ0) is 9.35. The number of imide groups is 1. The minimum atomic E-state index is -0.939. The van der Waals surface area contributed by atoms with Crippen LogP contribution >= 0.6 is 11.8 Å². The molecule has 1 rings (SSSR count). The minimum absolute atomic E-state index is 0.113. The molecule has 5 nitrogen and oxygen atoms in total. The molecule has 1 aliphatic heterocycles. The van der Waals surface area contributed by atoms with Gasteiger partial charge in [0.15, 0.2) is 11.8 Å². The van der Waals surface area contributed by atoms with Gasteiger partial charge >= 0.3 is 17.7 Å². The normalized spacial score (nSPS) is 29.8. The Morgan fingerprint density at radius 3 is 2.58 bits per heavy atom. The zero-order valence-electron chi connectivity index (χ0n) is 6.46. The Labute approximate surface area is 74.0 Å². The summed E-state index contributed by atoms with van der Waals surface area (Å²) in [5.41, 5.74) is 0. The van der Waals surface area contributed by atoms with E-state index in [-0.39, 0.29) is 13.1 Å². The third-order valence-corrected chi connectivity index (χ3v) is 2.28. The Morgan fingerprint density at radius 2 is 2.17 bits per heavy atom. The molecule has 0 aliphatic carbocycles. The zero-order valence-corrected chi connectivity index (χ0v) is 7.22. The topological polar surface area (TPSA) is 63.2 Å². The van der Waals surface area contributed by atoms with E-state index in [1.165, 1.54) is 6.92 Å². The fourth-order valence-electron chi connectivity index (χ4n) is 0.962. The molecule has 1 saturated heterocycles. The van der Waals surface area contributed by atoms with Gasteiger partial charge in [-0.15, -0.1) is 0 Å². The lowest BCUT2D eigenvalue weighted by Gasteiger charge is -2.25. The maximum absolute atomic E-state index is 11.1. The van der Waals surface area contributed by atoms with Crippen molar-refractivity contribution in [1.82, 2.24) is 5.32 Å². The van der Waals surface area contributed by atoms with E-state index in [0.29, 0.717) is 0 Å². The first-order valence-corrected chi connectivity index (χ1v) is 3.74. The second-order valence-corrected chi connectivity index (χ2v) is 3.10. The molecule has 0 aromatic heterocycles. The van der Waals surface area contributed by atoms with Crippen molar-refractivity contribution >= 4 is 29.5 Å². The summed E-state index contributed by atoms with van der Waals surface area (Å²) in [6, 6.07) is 0. The second-order valence-electron chi connectivity index (χ2n) is 2.52. The molecule has 0 aromatic rings. The summed E-state index contributed by atoms with van der Waals surface area (Å²) >= 11 is 5.63. The molecular weight excluding hydrogens is 184 g/mol. The summed E-state index contributed by atoms with van der Waals surface area (Å²) in [5.74, 6) is -2.24. The molecule has 1 heterocycles. The van der Waals surface area contributed by atoms with Crippen LogP contribution in [-0.4, -0.2) is 34.8 Å². The lowest BCUT2D eigenvalue weighted by Crippen LogP contribution is -2.61. The molecular formula is C6H8ClN2O3+. The molecule has 12 heavy (non-hydrogen) atoms. The summed E-state index contributed by atoms with van der Waals surface area (Å²) in [6.45, 7) is 1.54. The van der Waals surface area contributed by atoms with Gasteiger partial charge in [-0.05, 0) is 0 Å². The lowest BCUT2D eigenvalue weighted by atomic mass is 10.3. The molecule has 0 spiro atoms. The van der Waals surface area contributed by atoms with Gasteiger partial charge in [-0.3, -0.25) is 4.79 Å². The minimum Gasteiger partial charge on any atom is -0.338 e. The van der Waals surface area contributed by atoms with Crippen LogP contribution in [0.3, 0.4) is 0 Å². The van der Waals surface area contributed by atoms with Gasteiger partial charge in [-0.25, -0.2) is 9.59 Å².